The van der Waals surface area contributed by atoms with Gasteiger partial charge in [0, 0.05) is 6.54 Å². The summed E-state index contributed by atoms with van der Waals surface area (Å²) in [4.78, 5) is 29.9. The molecule has 1 aromatic carbocycles. The molecule has 1 unspecified atom stereocenters. The lowest BCUT2D eigenvalue weighted by atomic mass is 10.0. The number of methoxy groups -OCH3 is 1. The molecule has 1 saturated heterocycles. The number of amides is 1. The maximum atomic E-state index is 12.4. The number of thiazole rings is 1. The topological polar surface area (TPSA) is 101 Å². The van der Waals surface area contributed by atoms with Crippen LogP contribution in [0.2, 0.25) is 0 Å². The molecule has 26 heavy (non-hydrogen) atoms. The standard InChI is InChI=1S/C18H21N3O4S/c1-10-16(26-9-20-10)12-5-3-11(4-6-12)15(18(24)25-2)21-17(23)14-7-13(22)8-19-14/h3-6,9,13-15,19,22H,7-8H2,1-2H3,(H,21,23)/t13-,14+,15?/m1/s1. The third-order valence-corrected chi connectivity index (χ3v) is 5.38. The van der Waals surface area contributed by atoms with Crippen LogP contribution >= 0.6 is 11.3 Å². The number of hydrogen-bond acceptors (Lipinski definition) is 7. The predicted molar refractivity (Wildman–Crippen MR) is 97.6 cm³/mol. The van der Waals surface area contributed by atoms with E-state index in [1.54, 1.807) is 29.0 Å². The first-order valence-corrected chi connectivity index (χ1v) is 9.17. The Kier molecular flexibility index (Phi) is 5.65. The quantitative estimate of drug-likeness (QED) is 0.679. The number of benzene rings is 1. The highest BCUT2D eigenvalue weighted by molar-refractivity contribution is 7.13. The van der Waals surface area contributed by atoms with E-state index < -0.39 is 24.2 Å². The first-order chi connectivity index (χ1) is 12.5. The lowest BCUT2D eigenvalue weighted by Gasteiger charge is -2.19. The summed E-state index contributed by atoms with van der Waals surface area (Å²) in [7, 11) is 1.29. The molecule has 1 aliphatic rings. The van der Waals surface area contributed by atoms with Gasteiger partial charge in [0.2, 0.25) is 5.91 Å². The molecule has 0 saturated carbocycles. The van der Waals surface area contributed by atoms with E-state index in [1.807, 2.05) is 19.1 Å². The highest BCUT2D eigenvalue weighted by Crippen LogP contribution is 2.28. The lowest BCUT2D eigenvalue weighted by Crippen LogP contribution is -2.44. The molecule has 1 aromatic heterocycles. The molecule has 138 valence electrons. The van der Waals surface area contributed by atoms with E-state index in [0.717, 1.165) is 16.1 Å². The number of aliphatic hydroxyl groups excluding tert-OH is 1. The second-order valence-corrected chi connectivity index (χ2v) is 7.06. The summed E-state index contributed by atoms with van der Waals surface area (Å²) in [5.41, 5.74) is 4.38. The van der Waals surface area contributed by atoms with Crippen LogP contribution in [-0.4, -0.2) is 47.8 Å². The summed E-state index contributed by atoms with van der Waals surface area (Å²) in [6, 6.07) is 5.98. The molecule has 2 aromatic rings. The van der Waals surface area contributed by atoms with Gasteiger partial charge in [0.15, 0.2) is 6.04 Å². The smallest absolute Gasteiger partial charge is 0.333 e. The van der Waals surface area contributed by atoms with E-state index >= 15 is 0 Å². The number of rotatable bonds is 5. The van der Waals surface area contributed by atoms with Gasteiger partial charge >= 0.3 is 5.97 Å². The highest BCUT2D eigenvalue weighted by atomic mass is 32.1. The van der Waals surface area contributed by atoms with Crippen LogP contribution in [0.1, 0.15) is 23.7 Å². The summed E-state index contributed by atoms with van der Waals surface area (Å²) in [5.74, 6) is -0.877. The molecule has 1 amide bonds. The van der Waals surface area contributed by atoms with Gasteiger partial charge in [0.25, 0.3) is 0 Å². The number of esters is 1. The zero-order valence-electron chi connectivity index (χ0n) is 14.6. The minimum absolute atomic E-state index is 0.323. The monoisotopic (exact) mass is 375 g/mol. The number of β-amino-alcohol motifs (C(OH)–C–C–N with tert-alkyl or cyclic N) is 1. The second kappa shape index (κ2) is 7.94. The molecule has 0 radical (unpaired) electrons. The second-order valence-electron chi connectivity index (χ2n) is 6.20. The van der Waals surface area contributed by atoms with Crippen LogP contribution in [0.15, 0.2) is 29.8 Å². The minimum atomic E-state index is -0.899. The maximum absolute atomic E-state index is 12.4. The lowest BCUT2D eigenvalue weighted by molar-refractivity contribution is -0.145. The van der Waals surface area contributed by atoms with E-state index in [1.165, 1.54) is 7.11 Å². The fourth-order valence-electron chi connectivity index (χ4n) is 2.96. The number of carbonyl (C=O) groups excluding carboxylic acids is 2. The Hall–Kier alpha value is -2.29. The number of nitrogens with zero attached hydrogens (tertiary/aromatic N) is 1. The zero-order valence-corrected chi connectivity index (χ0v) is 15.4. The van der Waals surface area contributed by atoms with Crippen molar-refractivity contribution in [3.8, 4) is 10.4 Å². The molecule has 1 fully saturated rings. The van der Waals surface area contributed by atoms with E-state index in [4.69, 9.17) is 4.74 Å². The summed E-state index contributed by atoms with van der Waals surface area (Å²) >= 11 is 1.55. The molecular weight excluding hydrogens is 354 g/mol. The van der Waals surface area contributed by atoms with E-state index in [0.29, 0.717) is 18.5 Å². The number of aromatic nitrogens is 1. The van der Waals surface area contributed by atoms with E-state index in [9.17, 15) is 14.7 Å². The van der Waals surface area contributed by atoms with Gasteiger partial charge in [-0.15, -0.1) is 11.3 Å². The van der Waals surface area contributed by atoms with Gasteiger partial charge in [-0.1, -0.05) is 24.3 Å². The Balaban J connectivity index is 1.78. The van der Waals surface area contributed by atoms with Gasteiger partial charge in [-0.25, -0.2) is 9.78 Å². The van der Waals surface area contributed by atoms with Crippen LogP contribution in [-0.2, 0) is 14.3 Å². The van der Waals surface area contributed by atoms with Crippen LogP contribution < -0.4 is 10.6 Å². The minimum Gasteiger partial charge on any atom is -0.467 e. The Morgan fingerprint density at radius 1 is 1.38 bits per heavy atom. The molecule has 3 rings (SSSR count). The fourth-order valence-corrected chi connectivity index (χ4v) is 3.77. The molecule has 3 atom stereocenters. The molecule has 1 aliphatic heterocycles. The van der Waals surface area contributed by atoms with Crippen molar-refractivity contribution in [3.63, 3.8) is 0 Å². The normalized spacial score (nSPS) is 20.6. The van der Waals surface area contributed by atoms with Crippen LogP contribution in [0, 0.1) is 6.92 Å². The van der Waals surface area contributed by atoms with Gasteiger partial charge in [-0.2, -0.15) is 0 Å². The fraction of sp³-hybridized carbons (Fsp3) is 0.389. The Morgan fingerprint density at radius 3 is 2.65 bits per heavy atom. The molecule has 8 heteroatoms. The zero-order chi connectivity index (χ0) is 18.7. The number of ether oxygens (including phenoxy) is 1. The van der Waals surface area contributed by atoms with Crippen molar-refractivity contribution in [1.82, 2.24) is 15.6 Å². The van der Waals surface area contributed by atoms with Crippen LogP contribution in [0.5, 0.6) is 0 Å². The molecule has 0 spiro atoms. The summed E-state index contributed by atoms with van der Waals surface area (Å²) in [6.07, 6.45) is -0.229. The van der Waals surface area contributed by atoms with E-state index in [-0.39, 0.29) is 5.91 Å². The van der Waals surface area contributed by atoms with Crippen molar-refractivity contribution in [2.45, 2.75) is 31.5 Å². The van der Waals surface area contributed by atoms with Crippen LogP contribution in [0.25, 0.3) is 10.4 Å². The molecule has 0 bridgehead atoms. The van der Waals surface area contributed by atoms with Gasteiger partial charge < -0.3 is 20.5 Å². The maximum Gasteiger partial charge on any atom is 0.333 e. The summed E-state index contributed by atoms with van der Waals surface area (Å²) < 4.78 is 4.84. The Labute approximate surface area is 155 Å². The number of aliphatic hydroxyl groups is 1. The largest absolute Gasteiger partial charge is 0.467 e. The summed E-state index contributed by atoms with van der Waals surface area (Å²) in [6.45, 7) is 2.31. The average Bonchev–Trinajstić information content (AvgIpc) is 3.27. The van der Waals surface area contributed by atoms with Crippen molar-refractivity contribution >= 4 is 23.2 Å². The van der Waals surface area contributed by atoms with Gasteiger partial charge in [0.05, 0.1) is 35.3 Å². The third-order valence-electron chi connectivity index (χ3n) is 4.40. The van der Waals surface area contributed by atoms with Crippen molar-refractivity contribution in [2.24, 2.45) is 0 Å². The van der Waals surface area contributed by atoms with Gasteiger partial charge in [-0.3, -0.25) is 4.79 Å². The van der Waals surface area contributed by atoms with Crippen LogP contribution in [0.3, 0.4) is 0 Å². The molecule has 2 heterocycles. The van der Waals surface area contributed by atoms with Crippen molar-refractivity contribution in [2.75, 3.05) is 13.7 Å². The SMILES string of the molecule is COC(=O)C(NC(=O)[C@@H]1C[C@@H](O)CN1)c1ccc(-c2scnc2C)cc1. The van der Waals surface area contributed by atoms with Gasteiger partial charge in [0.1, 0.15) is 0 Å². The Morgan fingerprint density at radius 2 is 2.12 bits per heavy atom. The number of carbonyl (C=O) groups is 2. The number of hydrogen-bond donors (Lipinski definition) is 3. The summed E-state index contributed by atoms with van der Waals surface area (Å²) in [5, 5.41) is 15.2. The highest BCUT2D eigenvalue weighted by Gasteiger charge is 2.32. The number of aryl methyl sites for hydroxylation is 1. The molecule has 7 nitrogen and oxygen atoms in total. The van der Waals surface area contributed by atoms with Crippen LogP contribution in [0.4, 0.5) is 0 Å². The van der Waals surface area contributed by atoms with Crippen molar-refractivity contribution in [1.29, 1.82) is 0 Å². The van der Waals surface area contributed by atoms with Gasteiger partial charge in [-0.05, 0) is 24.5 Å². The first-order valence-electron chi connectivity index (χ1n) is 8.29. The van der Waals surface area contributed by atoms with Crippen molar-refractivity contribution < 1.29 is 19.4 Å². The van der Waals surface area contributed by atoms with E-state index in [2.05, 4.69) is 15.6 Å². The third kappa shape index (κ3) is 3.92. The predicted octanol–water partition coefficient (Wildman–Crippen LogP) is 1.17. The number of nitrogens with one attached hydrogen (secondary N) is 2. The Bertz CT molecular complexity index is 790. The molecule has 3 N–H and O–H groups in total. The molecular formula is C18H21N3O4S. The average molecular weight is 375 g/mol. The van der Waals surface area contributed by atoms with Crippen molar-refractivity contribution in [3.05, 3.63) is 41.0 Å². The first kappa shape index (κ1) is 18.5. The molecule has 0 aliphatic carbocycles.